The quantitative estimate of drug-likeness (QED) is 0.528. The van der Waals surface area contributed by atoms with E-state index in [0.717, 1.165) is 23.4 Å². The van der Waals surface area contributed by atoms with Crippen LogP contribution in [0.5, 0.6) is 0 Å². The Morgan fingerprint density at radius 3 is 3.08 bits per heavy atom. The van der Waals surface area contributed by atoms with E-state index in [9.17, 15) is 4.79 Å². The molecule has 0 unspecified atom stereocenters. The van der Waals surface area contributed by atoms with Crippen LogP contribution in [0.3, 0.4) is 0 Å². The number of carbonyl (C=O) groups excluding carboxylic acids is 1. The van der Waals surface area contributed by atoms with Crippen LogP contribution in [0.1, 0.15) is 5.76 Å². The maximum atomic E-state index is 10.5. The highest BCUT2D eigenvalue weighted by atomic mass is 32.2. The van der Waals surface area contributed by atoms with Crippen molar-refractivity contribution >= 4 is 24.1 Å². The molecular formula is C9H10O2S. The van der Waals surface area contributed by atoms with Crippen molar-refractivity contribution in [2.75, 3.05) is 12.0 Å². The van der Waals surface area contributed by atoms with Crippen LogP contribution < -0.4 is 0 Å². The summed E-state index contributed by atoms with van der Waals surface area (Å²) < 4.78 is 5.07. The molecule has 0 spiro atoms. The molecule has 1 heterocycles. The van der Waals surface area contributed by atoms with Gasteiger partial charge in [0.05, 0.1) is 6.26 Å². The van der Waals surface area contributed by atoms with Gasteiger partial charge in [-0.05, 0) is 24.5 Å². The van der Waals surface area contributed by atoms with Gasteiger partial charge in [0.1, 0.15) is 12.0 Å². The summed E-state index contributed by atoms with van der Waals surface area (Å²) in [6, 6.07) is 3.62. The third-order valence-electron chi connectivity index (χ3n) is 1.33. The molecule has 0 amide bonds. The molecule has 0 bridgehead atoms. The molecule has 0 radical (unpaired) electrons. The molecule has 0 saturated carbocycles. The fraction of sp³-hybridized carbons (Fsp3) is 0.222. The molecule has 0 aliphatic carbocycles. The van der Waals surface area contributed by atoms with Crippen LogP contribution in [0, 0.1) is 0 Å². The Morgan fingerprint density at radius 2 is 2.58 bits per heavy atom. The van der Waals surface area contributed by atoms with Crippen molar-refractivity contribution in [1.29, 1.82) is 0 Å². The molecule has 1 aromatic heterocycles. The highest BCUT2D eigenvalue weighted by molar-refractivity contribution is 7.98. The Kier molecular flexibility index (Phi) is 3.67. The van der Waals surface area contributed by atoms with E-state index in [0.29, 0.717) is 0 Å². The molecule has 1 rings (SSSR count). The lowest BCUT2D eigenvalue weighted by atomic mass is 10.3. The van der Waals surface area contributed by atoms with Gasteiger partial charge in [-0.1, -0.05) is 0 Å². The summed E-state index contributed by atoms with van der Waals surface area (Å²) in [4.78, 5) is 10.5. The predicted octanol–water partition coefficient (Wildman–Crippen LogP) is 2.22. The molecule has 0 atom stereocenters. The van der Waals surface area contributed by atoms with Crippen molar-refractivity contribution < 1.29 is 9.21 Å². The Labute approximate surface area is 75.6 Å². The normalized spacial score (nSPS) is 11.6. The maximum Gasteiger partial charge on any atom is 0.147 e. The van der Waals surface area contributed by atoms with Gasteiger partial charge < -0.3 is 4.42 Å². The first kappa shape index (κ1) is 9.13. The van der Waals surface area contributed by atoms with Crippen molar-refractivity contribution in [2.24, 2.45) is 0 Å². The van der Waals surface area contributed by atoms with Crippen molar-refractivity contribution in [3.8, 4) is 0 Å². The summed E-state index contributed by atoms with van der Waals surface area (Å²) in [7, 11) is 0. The van der Waals surface area contributed by atoms with Crippen LogP contribution in [0.2, 0.25) is 0 Å². The number of aldehydes is 1. The van der Waals surface area contributed by atoms with Crippen molar-refractivity contribution in [3.63, 3.8) is 0 Å². The molecule has 0 aromatic carbocycles. The second-order valence-electron chi connectivity index (χ2n) is 2.29. The topological polar surface area (TPSA) is 30.2 Å². The lowest BCUT2D eigenvalue weighted by molar-refractivity contribution is -0.104. The summed E-state index contributed by atoms with van der Waals surface area (Å²) in [5.41, 5.74) is 0.748. The van der Waals surface area contributed by atoms with Gasteiger partial charge in [0.15, 0.2) is 0 Å². The van der Waals surface area contributed by atoms with Crippen LogP contribution in [0.25, 0.3) is 6.08 Å². The highest BCUT2D eigenvalue weighted by Crippen LogP contribution is 2.09. The summed E-state index contributed by atoms with van der Waals surface area (Å²) in [6.07, 6.45) is 6.16. The zero-order chi connectivity index (χ0) is 8.81. The predicted molar refractivity (Wildman–Crippen MR) is 51.1 cm³/mol. The van der Waals surface area contributed by atoms with E-state index < -0.39 is 0 Å². The first-order valence-electron chi connectivity index (χ1n) is 3.55. The second kappa shape index (κ2) is 4.83. The van der Waals surface area contributed by atoms with E-state index in [1.54, 1.807) is 30.2 Å². The lowest BCUT2D eigenvalue weighted by Gasteiger charge is -1.93. The second-order valence-corrected chi connectivity index (χ2v) is 3.15. The van der Waals surface area contributed by atoms with Gasteiger partial charge in [0, 0.05) is 11.3 Å². The van der Waals surface area contributed by atoms with Crippen LogP contribution in [-0.2, 0) is 4.79 Å². The number of hydrogen-bond donors (Lipinski definition) is 0. The first-order chi connectivity index (χ1) is 5.86. The van der Waals surface area contributed by atoms with Crippen molar-refractivity contribution in [2.45, 2.75) is 0 Å². The average Bonchev–Trinajstić information content (AvgIpc) is 2.56. The highest BCUT2D eigenvalue weighted by Gasteiger charge is 1.95. The van der Waals surface area contributed by atoms with Gasteiger partial charge in [0.25, 0.3) is 0 Å². The van der Waals surface area contributed by atoms with Crippen molar-refractivity contribution in [3.05, 3.63) is 29.7 Å². The van der Waals surface area contributed by atoms with Gasteiger partial charge in [-0.3, -0.25) is 4.79 Å². The molecule has 0 aliphatic rings. The minimum Gasteiger partial charge on any atom is -0.465 e. The molecule has 1 aromatic rings. The molecule has 3 heteroatoms. The third kappa shape index (κ3) is 2.58. The summed E-state index contributed by atoms with van der Waals surface area (Å²) >= 11 is 1.61. The van der Waals surface area contributed by atoms with Gasteiger partial charge in [-0.2, -0.15) is 11.8 Å². The van der Waals surface area contributed by atoms with E-state index in [4.69, 9.17) is 4.42 Å². The Bertz CT molecular complexity index is 262. The average molecular weight is 182 g/mol. The summed E-state index contributed by atoms with van der Waals surface area (Å²) in [5, 5.41) is 0. The number of furan rings is 1. The van der Waals surface area contributed by atoms with Crippen LogP contribution in [0.4, 0.5) is 0 Å². The lowest BCUT2D eigenvalue weighted by Crippen LogP contribution is -1.87. The van der Waals surface area contributed by atoms with Gasteiger partial charge in [-0.25, -0.2) is 0 Å². The summed E-state index contributed by atoms with van der Waals surface area (Å²) in [5.74, 6) is 1.45. The molecule has 12 heavy (non-hydrogen) atoms. The van der Waals surface area contributed by atoms with E-state index in [1.807, 2.05) is 12.3 Å². The molecule has 2 nitrogen and oxygen atoms in total. The fourth-order valence-corrected chi connectivity index (χ4v) is 1.32. The van der Waals surface area contributed by atoms with Gasteiger partial charge >= 0.3 is 0 Å². The fourth-order valence-electron chi connectivity index (χ4n) is 0.832. The molecule has 0 N–H and O–H groups in total. The summed E-state index contributed by atoms with van der Waals surface area (Å²) in [6.45, 7) is 0. The zero-order valence-corrected chi connectivity index (χ0v) is 7.64. The van der Waals surface area contributed by atoms with Crippen LogP contribution in [0.15, 0.2) is 28.4 Å². The number of hydrogen-bond acceptors (Lipinski definition) is 3. The van der Waals surface area contributed by atoms with E-state index in [-0.39, 0.29) is 0 Å². The monoisotopic (exact) mass is 182 g/mol. The molecule has 0 saturated heterocycles. The largest absolute Gasteiger partial charge is 0.465 e. The van der Waals surface area contributed by atoms with Gasteiger partial charge in [0.2, 0.25) is 0 Å². The van der Waals surface area contributed by atoms with E-state index >= 15 is 0 Å². The van der Waals surface area contributed by atoms with Crippen LogP contribution in [-0.4, -0.2) is 18.3 Å². The van der Waals surface area contributed by atoms with Crippen molar-refractivity contribution in [1.82, 2.24) is 0 Å². The zero-order valence-electron chi connectivity index (χ0n) is 6.82. The number of carbonyl (C=O) groups is 1. The minimum atomic E-state index is 0.726. The molecular weight excluding hydrogens is 172 g/mol. The van der Waals surface area contributed by atoms with E-state index in [2.05, 4.69) is 0 Å². The first-order valence-corrected chi connectivity index (χ1v) is 4.94. The van der Waals surface area contributed by atoms with Gasteiger partial charge in [-0.15, -0.1) is 0 Å². The minimum absolute atomic E-state index is 0.726. The smallest absolute Gasteiger partial charge is 0.147 e. The Hall–Kier alpha value is -0.960. The SMILES string of the molecule is CSC/C(C=O)=C/c1ccco1. The molecule has 64 valence electrons. The van der Waals surface area contributed by atoms with Crippen LogP contribution >= 0.6 is 11.8 Å². The maximum absolute atomic E-state index is 10.5. The Balaban J connectivity index is 2.71. The number of rotatable bonds is 4. The van der Waals surface area contributed by atoms with E-state index in [1.165, 1.54) is 0 Å². The molecule has 0 aliphatic heterocycles. The standard InChI is InChI=1S/C9H10O2S/c1-12-7-8(6-10)5-9-3-2-4-11-9/h2-6H,7H2,1H3/b8-5+. The third-order valence-corrected chi connectivity index (χ3v) is 1.96. The number of thioether (sulfide) groups is 1. The Morgan fingerprint density at radius 1 is 1.75 bits per heavy atom. The molecule has 0 fully saturated rings.